The predicted molar refractivity (Wildman–Crippen MR) is 97.1 cm³/mol. The average molecular weight is 350 g/mol. The number of nitrogens with one attached hydrogen (secondary N) is 1. The second kappa shape index (κ2) is 7.76. The summed E-state index contributed by atoms with van der Waals surface area (Å²) in [5, 5.41) is 23.4. The molecule has 0 radical (unpaired) electrons. The van der Waals surface area contributed by atoms with Gasteiger partial charge in [-0.2, -0.15) is 5.26 Å². The van der Waals surface area contributed by atoms with Gasteiger partial charge >= 0.3 is 0 Å². The molecule has 1 aliphatic heterocycles. The number of carbonyl (C=O) groups is 1. The topological polar surface area (TPSA) is 99.3 Å². The highest BCUT2D eigenvalue weighted by atomic mass is 16.6. The molecule has 2 aromatic rings. The van der Waals surface area contributed by atoms with Crippen molar-refractivity contribution in [2.45, 2.75) is 12.5 Å². The minimum Gasteiger partial charge on any atom is -0.375 e. The molecule has 0 spiro atoms. The van der Waals surface area contributed by atoms with Gasteiger partial charge in [0.2, 0.25) is 0 Å². The van der Waals surface area contributed by atoms with Gasteiger partial charge in [-0.1, -0.05) is 30.3 Å². The Morgan fingerprint density at radius 3 is 2.73 bits per heavy atom. The SMILES string of the molecule is N#CCN1CC[C@@H](Nc2ccc(C(=O)c3ccccc3)cc2[N+](=O)[O-])C1. The molecule has 1 aliphatic rings. The van der Waals surface area contributed by atoms with Gasteiger partial charge in [0.15, 0.2) is 5.78 Å². The van der Waals surface area contributed by atoms with Gasteiger partial charge in [0.05, 0.1) is 17.5 Å². The van der Waals surface area contributed by atoms with Crippen LogP contribution in [0.5, 0.6) is 0 Å². The number of anilines is 1. The summed E-state index contributed by atoms with van der Waals surface area (Å²) >= 11 is 0. The number of nitriles is 1. The van der Waals surface area contributed by atoms with Crippen molar-refractivity contribution in [3.8, 4) is 6.07 Å². The summed E-state index contributed by atoms with van der Waals surface area (Å²) in [5.74, 6) is -0.249. The second-order valence-corrected chi connectivity index (χ2v) is 6.21. The molecule has 1 saturated heterocycles. The van der Waals surface area contributed by atoms with Gasteiger partial charge in [0.1, 0.15) is 5.69 Å². The molecule has 0 bridgehead atoms. The third-order valence-electron chi connectivity index (χ3n) is 4.42. The van der Waals surface area contributed by atoms with Crippen LogP contribution in [0.4, 0.5) is 11.4 Å². The molecule has 3 rings (SSSR count). The fraction of sp³-hybridized carbons (Fsp3) is 0.263. The monoisotopic (exact) mass is 350 g/mol. The zero-order valence-corrected chi connectivity index (χ0v) is 14.1. The number of nitro groups is 1. The van der Waals surface area contributed by atoms with Crippen LogP contribution >= 0.6 is 0 Å². The van der Waals surface area contributed by atoms with Gasteiger partial charge in [-0.25, -0.2) is 0 Å². The van der Waals surface area contributed by atoms with Crippen LogP contribution in [0.15, 0.2) is 48.5 Å². The first-order chi connectivity index (χ1) is 12.6. The molecule has 0 amide bonds. The number of hydrogen-bond donors (Lipinski definition) is 1. The largest absolute Gasteiger partial charge is 0.375 e. The van der Waals surface area contributed by atoms with Crippen LogP contribution in [0.25, 0.3) is 0 Å². The van der Waals surface area contributed by atoms with Crippen LogP contribution in [0.1, 0.15) is 22.3 Å². The summed E-state index contributed by atoms with van der Waals surface area (Å²) < 4.78 is 0. The number of rotatable bonds is 6. The molecule has 0 unspecified atom stereocenters. The first-order valence-corrected chi connectivity index (χ1v) is 8.32. The normalized spacial score (nSPS) is 16.8. The number of benzene rings is 2. The van der Waals surface area contributed by atoms with E-state index in [4.69, 9.17) is 5.26 Å². The highest BCUT2D eigenvalue weighted by molar-refractivity contribution is 6.09. The van der Waals surface area contributed by atoms with Gasteiger partial charge in [-0.15, -0.1) is 0 Å². The van der Waals surface area contributed by atoms with E-state index >= 15 is 0 Å². The lowest BCUT2D eigenvalue weighted by Crippen LogP contribution is -2.26. The number of nitrogens with zero attached hydrogens (tertiary/aromatic N) is 3. The number of ketones is 1. The van der Waals surface area contributed by atoms with E-state index < -0.39 is 4.92 Å². The molecule has 7 nitrogen and oxygen atoms in total. The highest BCUT2D eigenvalue weighted by Crippen LogP contribution is 2.28. The summed E-state index contributed by atoms with van der Waals surface area (Å²) in [7, 11) is 0. The molecule has 132 valence electrons. The van der Waals surface area contributed by atoms with Crippen LogP contribution in [-0.4, -0.2) is 41.3 Å². The smallest absolute Gasteiger partial charge is 0.293 e. The Morgan fingerprint density at radius 1 is 1.27 bits per heavy atom. The van der Waals surface area contributed by atoms with Crippen molar-refractivity contribution in [1.82, 2.24) is 4.90 Å². The van der Waals surface area contributed by atoms with Crippen molar-refractivity contribution in [3.05, 3.63) is 69.8 Å². The lowest BCUT2D eigenvalue weighted by molar-refractivity contribution is -0.384. The Labute approximate surface area is 151 Å². The molecule has 0 aliphatic carbocycles. The standard InChI is InChI=1S/C19H18N4O3/c20-9-11-22-10-8-16(13-22)21-17-7-6-15(12-18(17)23(25)26)19(24)14-4-2-1-3-5-14/h1-7,12,16,21H,8,10-11,13H2/t16-/m1/s1. The zero-order valence-electron chi connectivity index (χ0n) is 14.1. The van der Waals surface area contributed by atoms with Gasteiger partial charge in [-0.3, -0.25) is 19.8 Å². The average Bonchev–Trinajstić information content (AvgIpc) is 3.09. The van der Waals surface area contributed by atoms with E-state index in [1.165, 1.54) is 6.07 Å². The molecule has 1 N–H and O–H groups in total. The van der Waals surface area contributed by atoms with Gasteiger partial charge in [0.25, 0.3) is 5.69 Å². The summed E-state index contributed by atoms with van der Waals surface area (Å²) in [6, 6.07) is 15.3. The molecular formula is C19H18N4O3. The van der Waals surface area contributed by atoms with Crippen molar-refractivity contribution in [2.24, 2.45) is 0 Å². The van der Waals surface area contributed by atoms with Crippen molar-refractivity contribution in [1.29, 1.82) is 5.26 Å². The lowest BCUT2D eigenvalue weighted by Gasteiger charge is -2.15. The predicted octanol–water partition coefficient (Wildman–Crippen LogP) is 2.84. The first-order valence-electron chi connectivity index (χ1n) is 8.32. The second-order valence-electron chi connectivity index (χ2n) is 6.21. The molecule has 26 heavy (non-hydrogen) atoms. The number of hydrogen-bond acceptors (Lipinski definition) is 6. The zero-order chi connectivity index (χ0) is 18.5. The van der Waals surface area contributed by atoms with Crippen molar-refractivity contribution < 1.29 is 9.72 Å². The summed E-state index contributed by atoms with van der Waals surface area (Å²) in [5.41, 5.74) is 1.05. The Bertz CT molecular complexity index is 861. The number of carbonyl (C=O) groups excluding carboxylic acids is 1. The molecule has 2 aromatic carbocycles. The van der Waals surface area contributed by atoms with E-state index in [1.54, 1.807) is 36.4 Å². The first kappa shape index (κ1) is 17.6. The fourth-order valence-corrected chi connectivity index (χ4v) is 3.12. The Hall–Kier alpha value is -3.24. The van der Waals surface area contributed by atoms with Gasteiger partial charge < -0.3 is 5.32 Å². The lowest BCUT2D eigenvalue weighted by atomic mass is 10.0. The third kappa shape index (κ3) is 3.87. The summed E-state index contributed by atoms with van der Waals surface area (Å²) in [6.07, 6.45) is 0.809. The third-order valence-corrected chi connectivity index (χ3v) is 4.42. The van der Waals surface area contributed by atoms with E-state index in [9.17, 15) is 14.9 Å². The molecule has 7 heteroatoms. The van der Waals surface area contributed by atoms with Crippen LogP contribution in [-0.2, 0) is 0 Å². The molecule has 1 fully saturated rings. The van der Waals surface area contributed by atoms with E-state index in [-0.39, 0.29) is 23.1 Å². The Kier molecular flexibility index (Phi) is 5.25. The van der Waals surface area contributed by atoms with E-state index in [2.05, 4.69) is 11.4 Å². The highest BCUT2D eigenvalue weighted by Gasteiger charge is 2.25. The molecule has 0 saturated carbocycles. The quantitative estimate of drug-likeness (QED) is 0.372. The van der Waals surface area contributed by atoms with E-state index in [0.29, 0.717) is 24.3 Å². The fourth-order valence-electron chi connectivity index (χ4n) is 3.12. The molecule has 1 heterocycles. The van der Waals surface area contributed by atoms with Crippen LogP contribution in [0, 0.1) is 21.4 Å². The molecule has 0 aromatic heterocycles. The number of nitro benzene ring substituents is 1. The summed E-state index contributed by atoms with van der Waals surface area (Å²) in [6.45, 7) is 1.80. The Morgan fingerprint density at radius 2 is 2.04 bits per heavy atom. The van der Waals surface area contributed by atoms with Crippen molar-refractivity contribution in [3.63, 3.8) is 0 Å². The van der Waals surface area contributed by atoms with E-state index in [1.807, 2.05) is 11.0 Å². The van der Waals surface area contributed by atoms with Crippen LogP contribution in [0.2, 0.25) is 0 Å². The maximum Gasteiger partial charge on any atom is 0.293 e. The van der Waals surface area contributed by atoms with Crippen LogP contribution in [0.3, 0.4) is 0 Å². The van der Waals surface area contributed by atoms with Crippen molar-refractivity contribution in [2.75, 3.05) is 25.0 Å². The summed E-state index contributed by atoms with van der Waals surface area (Å²) in [4.78, 5) is 25.5. The molecule has 1 atom stereocenters. The van der Waals surface area contributed by atoms with Crippen LogP contribution < -0.4 is 5.32 Å². The van der Waals surface area contributed by atoms with Crippen molar-refractivity contribution >= 4 is 17.2 Å². The number of likely N-dealkylation sites (tertiary alicyclic amines) is 1. The minimum atomic E-state index is -0.480. The Balaban J connectivity index is 1.81. The van der Waals surface area contributed by atoms with E-state index in [0.717, 1.165) is 13.0 Å². The maximum atomic E-state index is 12.5. The van der Waals surface area contributed by atoms with Gasteiger partial charge in [-0.05, 0) is 18.6 Å². The molecular weight excluding hydrogens is 332 g/mol. The minimum absolute atomic E-state index is 0.0396. The van der Waals surface area contributed by atoms with Gasteiger partial charge in [0, 0.05) is 36.3 Å². The maximum absolute atomic E-state index is 12.5.